The highest BCUT2D eigenvalue weighted by molar-refractivity contribution is 5.93. The number of hydrogen-bond acceptors (Lipinski definition) is 4. The van der Waals surface area contributed by atoms with Crippen molar-refractivity contribution in [3.8, 4) is 0 Å². The SMILES string of the molecule is OCC=Cc1ccc2ncnc(Nc3ccc4c(ccn4Cc4ccccc4)c3)c2c1. The number of nitrogens with one attached hydrogen (secondary N) is 1. The maximum absolute atomic E-state index is 9.04. The summed E-state index contributed by atoms with van der Waals surface area (Å²) in [6.45, 7) is 0.857. The van der Waals surface area contributed by atoms with Gasteiger partial charge in [-0.2, -0.15) is 0 Å². The van der Waals surface area contributed by atoms with Gasteiger partial charge in [0.25, 0.3) is 0 Å². The second-order valence-electron chi connectivity index (χ2n) is 7.41. The molecule has 0 aliphatic carbocycles. The average molecular weight is 406 g/mol. The van der Waals surface area contributed by atoms with Crippen molar-refractivity contribution in [3.63, 3.8) is 0 Å². The first-order chi connectivity index (χ1) is 15.3. The van der Waals surface area contributed by atoms with Gasteiger partial charge < -0.3 is 15.0 Å². The van der Waals surface area contributed by atoms with Crippen LogP contribution in [0.1, 0.15) is 11.1 Å². The van der Waals surface area contributed by atoms with Crippen molar-refractivity contribution in [1.29, 1.82) is 0 Å². The van der Waals surface area contributed by atoms with E-state index >= 15 is 0 Å². The highest BCUT2D eigenvalue weighted by atomic mass is 16.2. The number of nitrogens with zero attached hydrogens (tertiary/aromatic N) is 3. The summed E-state index contributed by atoms with van der Waals surface area (Å²) in [5, 5.41) is 14.6. The molecule has 5 aromatic rings. The Morgan fingerprint density at radius 3 is 2.71 bits per heavy atom. The molecule has 0 spiro atoms. The Balaban J connectivity index is 1.45. The van der Waals surface area contributed by atoms with Crippen molar-refractivity contribution >= 4 is 39.4 Å². The molecule has 0 radical (unpaired) electrons. The number of hydrogen-bond donors (Lipinski definition) is 2. The van der Waals surface area contributed by atoms with Gasteiger partial charge >= 0.3 is 0 Å². The van der Waals surface area contributed by atoms with Crippen LogP contribution in [-0.4, -0.2) is 26.2 Å². The third-order valence-corrected chi connectivity index (χ3v) is 5.30. The van der Waals surface area contributed by atoms with Crippen LogP contribution < -0.4 is 5.32 Å². The lowest BCUT2D eigenvalue weighted by molar-refractivity contribution is 0.343. The van der Waals surface area contributed by atoms with Gasteiger partial charge in [-0.15, -0.1) is 0 Å². The largest absolute Gasteiger partial charge is 0.392 e. The minimum Gasteiger partial charge on any atom is -0.392 e. The normalized spacial score (nSPS) is 11.5. The summed E-state index contributed by atoms with van der Waals surface area (Å²) in [4.78, 5) is 8.83. The number of fused-ring (bicyclic) bond motifs is 2. The summed E-state index contributed by atoms with van der Waals surface area (Å²) in [6, 6.07) is 24.9. The molecule has 2 N–H and O–H groups in total. The Hall–Kier alpha value is -3.96. The summed E-state index contributed by atoms with van der Waals surface area (Å²) in [5.74, 6) is 0.757. The minimum absolute atomic E-state index is 0.0123. The van der Waals surface area contributed by atoms with Gasteiger partial charge in [-0.1, -0.05) is 48.6 Å². The standard InChI is InChI=1S/C26H22N4O/c31-14-4-7-19-8-10-24-23(15-19)26(28-18-27-24)29-22-9-11-25-21(16-22)12-13-30(25)17-20-5-2-1-3-6-20/h1-13,15-16,18,31H,14,17H2,(H,27,28,29). The number of aliphatic hydroxyl groups excluding tert-OH is 1. The quantitative estimate of drug-likeness (QED) is 0.397. The Morgan fingerprint density at radius 1 is 0.935 bits per heavy atom. The molecule has 0 aliphatic heterocycles. The summed E-state index contributed by atoms with van der Waals surface area (Å²) in [5.41, 5.74) is 5.31. The first-order valence-electron chi connectivity index (χ1n) is 10.2. The van der Waals surface area contributed by atoms with E-state index in [9.17, 15) is 0 Å². The zero-order valence-corrected chi connectivity index (χ0v) is 16.9. The van der Waals surface area contributed by atoms with E-state index in [-0.39, 0.29) is 6.61 Å². The maximum Gasteiger partial charge on any atom is 0.141 e. The van der Waals surface area contributed by atoms with Gasteiger partial charge in [-0.25, -0.2) is 9.97 Å². The van der Waals surface area contributed by atoms with Crippen LogP contribution in [0.4, 0.5) is 11.5 Å². The zero-order chi connectivity index (χ0) is 21.0. The van der Waals surface area contributed by atoms with Gasteiger partial charge in [0.05, 0.1) is 12.1 Å². The number of aliphatic hydroxyl groups is 1. The number of aromatic nitrogens is 3. The Kier molecular flexibility index (Phi) is 5.17. The van der Waals surface area contributed by atoms with Crippen LogP contribution in [-0.2, 0) is 6.54 Å². The molecular formula is C26H22N4O. The molecule has 0 amide bonds. The summed E-state index contributed by atoms with van der Waals surface area (Å²) >= 11 is 0. The van der Waals surface area contributed by atoms with Crippen molar-refractivity contribution in [1.82, 2.24) is 14.5 Å². The summed E-state index contributed by atoms with van der Waals surface area (Å²) < 4.78 is 2.26. The highest BCUT2D eigenvalue weighted by Crippen LogP contribution is 2.27. The monoisotopic (exact) mass is 406 g/mol. The zero-order valence-electron chi connectivity index (χ0n) is 16.9. The molecule has 0 aliphatic rings. The predicted octanol–water partition coefficient (Wildman–Crippen LogP) is 5.38. The molecule has 2 aromatic heterocycles. The highest BCUT2D eigenvalue weighted by Gasteiger charge is 2.07. The van der Waals surface area contributed by atoms with E-state index in [4.69, 9.17) is 5.11 Å². The van der Waals surface area contributed by atoms with Crippen LogP contribution in [0.3, 0.4) is 0 Å². The fraction of sp³-hybridized carbons (Fsp3) is 0.0769. The van der Waals surface area contributed by atoms with Crippen LogP contribution >= 0.6 is 0 Å². The Bertz CT molecular complexity index is 1370. The summed E-state index contributed by atoms with van der Waals surface area (Å²) in [7, 11) is 0. The van der Waals surface area contributed by atoms with Gasteiger partial charge in [0.2, 0.25) is 0 Å². The first-order valence-corrected chi connectivity index (χ1v) is 10.2. The predicted molar refractivity (Wildman–Crippen MR) is 126 cm³/mol. The van der Waals surface area contributed by atoms with E-state index in [0.717, 1.165) is 34.5 Å². The van der Waals surface area contributed by atoms with Crippen molar-refractivity contribution in [3.05, 3.63) is 103 Å². The van der Waals surface area contributed by atoms with Crippen LogP contribution in [0.5, 0.6) is 0 Å². The van der Waals surface area contributed by atoms with Crippen molar-refractivity contribution in [2.75, 3.05) is 11.9 Å². The lowest BCUT2D eigenvalue weighted by Crippen LogP contribution is -1.98. The van der Waals surface area contributed by atoms with Crippen molar-refractivity contribution < 1.29 is 5.11 Å². The third kappa shape index (κ3) is 4.04. The molecule has 0 saturated carbocycles. The molecule has 0 unspecified atom stereocenters. The van der Waals surface area contributed by atoms with E-state index < -0.39 is 0 Å². The molecule has 5 heteroatoms. The lowest BCUT2D eigenvalue weighted by atomic mass is 10.1. The van der Waals surface area contributed by atoms with Crippen LogP contribution in [0, 0.1) is 0 Å². The van der Waals surface area contributed by atoms with Crippen molar-refractivity contribution in [2.45, 2.75) is 6.54 Å². The van der Waals surface area contributed by atoms with E-state index in [1.54, 1.807) is 12.4 Å². The smallest absolute Gasteiger partial charge is 0.141 e. The fourth-order valence-electron chi connectivity index (χ4n) is 3.80. The number of anilines is 2. The molecule has 5 nitrogen and oxygen atoms in total. The van der Waals surface area contributed by atoms with Crippen LogP contribution in [0.2, 0.25) is 0 Å². The van der Waals surface area contributed by atoms with Crippen LogP contribution in [0.25, 0.3) is 27.9 Å². The third-order valence-electron chi connectivity index (χ3n) is 5.30. The molecule has 3 aromatic carbocycles. The van der Waals surface area contributed by atoms with Gasteiger partial charge in [-0.3, -0.25) is 0 Å². The molecule has 0 saturated heterocycles. The van der Waals surface area contributed by atoms with E-state index in [0.29, 0.717) is 0 Å². The average Bonchev–Trinajstić information content (AvgIpc) is 3.20. The first kappa shape index (κ1) is 19.0. The van der Waals surface area contributed by atoms with Crippen LogP contribution in [0.15, 0.2) is 91.4 Å². The molecule has 0 bridgehead atoms. The van der Waals surface area contributed by atoms with Gasteiger partial charge in [0, 0.05) is 34.7 Å². The minimum atomic E-state index is 0.0123. The topological polar surface area (TPSA) is 63.0 Å². The number of benzene rings is 3. The Morgan fingerprint density at radius 2 is 1.84 bits per heavy atom. The second-order valence-corrected chi connectivity index (χ2v) is 7.41. The maximum atomic E-state index is 9.04. The van der Waals surface area contributed by atoms with Gasteiger partial charge in [0.1, 0.15) is 12.1 Å². The van der Waals surface area contributed by atoms with E-state index in [2.05, 4.69) is 74.6 Å². The molecule has 2 heterocycles. The van der Waals surface area contributed by atoms with E-state index in [1.165, 1.54) is 16.5 Å². The fourth-order valence-corrected chi connectivity index (χ4v) is 3.80. The molecule has 0 fully saturated rings. The molecular weight excluding hydrogens is 384 g/mol. The number of rotatable bonds is 6. The molecule has 0 atom stereocenters. The van der Waals surface area contributed by atoms with Crippen molar-refractivity contribution in [2.24, 2.45) is 0 Å². The second kappa shape index (κ2) is 8.42. The molecule has 152 valence electrons. The molecule has 31 heavy (non-hydrogen) atoms. The summed E-state index contributed by atoms with van der Waals surface area (Å²) in [6.07, 6.45) is 7.30. The van der Waals surface area contributed by atoms with E-state index in [1.807, 2.05) is 30.3 Å². The lowest BCUT2D eigenvalue weighted by Gasteiger charge is -2.10. The van der Waals surface area contributed by atoms with Gasteiger partial charge in [0.15, 0.2) is 0 Å². The Labute approximate surface area is 180 Å². The van der Waals surface area contributed by atoms with Gasteiger partial charge in [-0.05, 0) is 47.5 Å². The molecule has 5 rings (SSSR count).